The van der Waals surface area contributed by atoms with Gasteiger partial charge in [-0.25, -0.2) is 9.50 Å². The van der Waals surface area contributed by atoms with E-state index in [9.17, 15) is 8.42 Å². The fourth-order valence-electron chi connectivity index (χ4n) is 1.36. The van der Waals surface area contributed by atoms with E-state index in [-0.39, 0.29) is 5.03 Å². The molecule has 17 heavy (non-hydrogen) atoms. The predicted molar refractivity (Wildman–Crippen MR) is 55.6 cm³/mol. The van der Waals surface area contributed by atoms with Gasteiger partial charge in [-0.1, -0.05) is 5.21 Å². The van der Waals surface area contributed by atoms with Gasteiger partial charge in [0.15, 0.2) is 10.7 Å². The molecule has 0 saturated carbocycles. The maximum Gasteiger partial charge on any atom is 0.301 e. The first-order valence-electron chi connectivity index (χ1n) is 4.60. The maximum atomic E-state index is 12.0. The maximum absolute atomic E-state index is 12.0. The third-order valence-electron chi connectivity index (χ3n) is 2.14. The van der Waals surface area contributed by atoms with E-state index in [1.165, 1.54) is 35.4 Å². The topological polar surface area (TPSA) is 95.0 Å². The highest BCUT2D eigenvalue weighted by molar-refractivity contribution is 7.89. The molecule has 3 rings (SSSR count). The quantitative estimate of drug-likeness (QED) is 0.572. The van der Waals surface area contributed by atoms with E-state index < -0.39 is 10.0 Å². The Bertz CT molecular complexity index is 760. The summed E-state index contributed by atoms with van der Waals surface area (Å²) in [5, 5.41) is 10.7. The molecule has 86 valence electrons. The number of hydrogen-bond acceptors (Lipinski definition) is 6. The van der Waals surface area contributed by atoms with Crippen molar-refractivity contribution in [3.05, 3.63) is 36.9 Å². The first-order chi connectivity index (χ1) is 8.18. The van der Waals surface area contributed by atoms with Gasteiger partial charge in [0, 0.05) is 12.3 Å². The Morgan fingerprint density at radius 1 is 1.12 bits per heavy atom. The van der Waals surface area contributed by atoms with Crippen LogP contribution in [0.15, 0.2) is 41.9 Å². The van der Waals surface area contributed by atoms with Crippen molar-refractivity contribution in [1.82, 2.24) is 29.0 Å². The molecule has 0 spiro atoms. The number of rotatable bonds is 2. The molecule has 0 unspecified atom stereocenters. The van der Waals surface area contributed by atoms with Crippen LogP contribution in [0.5, 0.6) is 0 Å². The van der Waals surface area contributed by atoms with Crippen molar-refractivity contribution in [3.63, 3.8) is 0 Å². The van der Waals surface area contributed by atoms with Crippen LogP contribution in [0.25, 0.3) is 5.65 Å². The third kappa shape index (κ3) is 1.47. The molecule has 0 bridgehead atoms. The number of hydrogen-bond donors (Lipinski definition) is 0. The van der Waals surface area contributed by atoms with Crippen LogP contribution in [0.3, 0.4) is 0 Å². The van der Waals surface area contributed by atoms with Crippen molar-refractivity contribution in [2.45, 2.75) is 5.03 Å². The zero-order valence-corrected chi connectivity index (χ0v) is 9.19. The Morgan fingerprint density at radius 3 is 2.76 bits per heavy atom. The van der Waals surface area contributed by atoms with Gasteiger partial charge in [0.2, 0.25) is 0 Å². The fourth-order valence-corrected chi connectivity index (χ4v) is 2.35. The molecule has 0 saturated heterocycles. The molecular weight excluding hydrogens is 244 g/mol. The fraction of sp³-hybridized carbons (Fsp3) is 0. The van der Waals surface area contributed by atoms with Gasteiger partial charge in [0.25, 0.3) is 0 Å². The van der Waals surface area contributed by atoms with Gasteiger partial charge < -0.3 is 0 Å². The lowest BCUT2D eigenvalue weighted by molar-refractivity contribution is 0.573. The zero-order chi connectivity index (χ0) is 11.9. The Hall–Kier alpha value is -2.29. The van der Waals surface area contributed by atoms with Crippen LogP contribution < -0.4 is 0 Å². The summed E-state index contributed by atoms with van der Waals surface area (Å²) in [6.07, 6.45) is 5.59. The largest absolute Gasteiger partial charge is 0.301 e. The van der Waals surface area contributed by atoms with Gasteiger partial charge >= 0.3 is 10.0 Å². The smallest absolute Gasteiger partial charge is 0.223 e. The summed E-state index contributed by atoms with van der Waals surface area (Å²) in [6, 6.07) is 2.97. The molecule has 3 heterocycles. The van der Waals surface area contributed by atoms with E-state index in [2.05, 4.69) is 20.4 Å². The number of fused-ring (bicyclic) bond motifs is 1. The van der Waals surface area contributed by atoms with Crippen molar-refractivity contribution in [3.8, 4) is 0 Å². The first kappa shape index (κ1) is 9.90. The predicted octanol–water partition coefficient (Wildman–Crippen LogP) is -0.442. The lowest BCUT2D eigenvalue weighted by atomic mass is 10.6. The Morgan fingerprint density at radius 2 is 2.00 bits per heavy atom. The SMILES string of the molecule is O=S(=O)(c1ccn2nccc2n1)n1ccnn1. The van der Waals surface area contributed by atoms with E-state index in [0.717, 1.165) is 4.09 Å². The van der Waals surface area contributed by atoms with Crippen LogP contribution in [0.4, 0.5) is 0 Å². The standard InChI is InChI=1S/C8H6N6O2S/c15-17(16,14-6-4-9-12-14)8-2-5-13-7(11-8)1-3-10-13/h1-6H. The van der Waals surface area contributed by atoms with E-state index in [1.807, 2.05) is 0 Å². The molecule has 8 nitrogen and oxygen atoms in total. The highest BCUT2D eigenvalue weighted by atomic mass is 32.2. The molecule has 0 radical (unpaired) electrons. The average Bonchev–Trinajstić information content (AvgIpc) is 2.99. The average molecular weight is 250 g/mol. The highest BCUT2D eigenvalue weighted by Crippen LogP contribution is 2.10. The lowest BCUT2D eigenvalue weighted by Gasteiger charge is -2.02. The van der Waals surface area contributed by atoms with Gasteiger partial charge in [-0.2, -0.15) is 13.5 Å². The van der Waals surface area contributed by atoms with Crippen LogP contribution >= 0.6 is 0 Å². The highest BCUT2D eigenvalue weighted by Gasteiger charge is 2.19. The summed E-state index contributed by atoms with van der Waals surface area (Å²) < 4.78 is 26.3. The molecule has 0 fully saturated rings. The molecule has 3 aromatic heterocycles. The van der Waals surface area contributed by atoms with E-state index >= 15 is 0 Å². The summed E-state index contributed by atoms with van der Waals surface area (Å²) in [5.41, 5.74) is 0.450. The van der Waals surface area contributed by atoms with Gasteiger partial charge in [-0.15, -0.1) is 9.19 Å². The molecule has 0 aliphatic rings. The number of aromatic nitrogens is 6. The van der Waals surface area contributed by atoms with Gasteiger partial charge in [0.05, 0.1) is 18.6 Å². The van der Waals surface area contributed by atoms with Gasteiger partial charge in [-0.3, -0.25) is 0 Å². The summed E-state index contributed by atoms with van der Waals surface area (Å²) in [6.45, 7) is 0. The molecule has 0 aliphatic carbocycles. The van der Waals surface area contributed by atoms with E-state index in [4.69, 9.17) is 0 Å². The van der Waals surface area contributed by atoms with Crippen molar-refractivity contribution < 1.29 is 8.42 Å². The second-order valence-electron chi connectivity index (χ2n) is 3.18. The molecule has 0 amide bonds. The van der Waals surface area contributed by atoms with Crippen LogP contribution in [0, 0.1) is 0 Å². The van der Waals surface area contributed by atoms with Crippen molar-refractivity contribution in [2.24, 2.45) is 0 Å². The molecule has 3 aromatic rings. The minimum Gasteiger partial charge on any atom is -0.223 e. The second-order valence-corrected chi connectivity index (χ2v) is 4.92. The van der Waals surface area contributed by atoms with E-state index in [1.54, 1.807) is 6.07 Å². The third-order valence-corrected chi connectivity index (χ3v) is 3.59. The van der Waals surface area contributed by atoms with Crippen LogP contribution in [-0.4, -0.2) is 37.4 Å². The Kier molecular flexibility index (Phi) is 1.95. The molecule has 0 aromatic carbocycles. The summed E-state index contributed by atoms with van der Waals surface area (Å²) in [7, 11) is -3.77. The zero-order valence-electron chi connectivity index (χ0n) is 8.37. The Balaban J connectivity index is 2.21. The van der Waals surface area contributed by atoms with Crippen LogP contribution in [0.1, 0.15) is 0 Å². The second kappa shape index (κ2) is 3.35. The van der Waals surface area contributed by atoms with Crippen LogP contribution in [0.2, 0.25) is 0 Å². The molecule has 0 atom stereocenters. The molecule has 9 heteroatoms. The minimum absolute atomic E-state index is 0.101. The first-order valence-corrected chi connectivity index (χ1v) is 6.04. The van der Waals surface area contributed by atoms with Crippen molar-refractivity contribution >= 4 is 15.7 Å². The minimum atomic E-state index is -3.77. The molecule has 0 N–H and O–H groups in total. The lowest BCUT2D eigenvalue weighted by Crippen LogP contribution is -2.15. The van der Waals surface area contributed by atoms with Crippen LogP contribution in [-0.2, 0) is 10.0 Å². The monoisotopic (exact) mass is 250 g/mol. The van der Waals surface area contributed by atoms with Crippen molar-refractivity contribution in [1.29, 1.82) is 0 Å². The number of nitrogens with zero attached hydrogens (tertiary/aromatic N) is 6. The summed E-state index contributed by atoms with van der Waals surface area (Å²) >= 11 is 0. The van der Waals surface area contributed by atoms with Crippen molar-refractivity contribution in [2.75, 3.05) is 0 Å². The Labute approximate surface area is 95.6 Å². The van der Waals surface area contributed by atoms with Gasteiger partial charge in [-0.05, 0) is 6.07 Å². The molecular formula is C8H6N6O2S. The van der Waals surface area contributed by atoms with Gasteiger partial charge in [0.1, 0.15) is 0 Å². The molecule has 0 aliphatic heterocycles. The summed E-state index contributed by atoms with van der Waals surface area (Å²) in [5.74, 6) is 0. The van der Waals surface area contributed by atoms with E-state index in [0.29, 0.717) is 5.65 Å². The normalized spacial score (nSPS) is 12.0. The summed E-state index contributed by atoms with van der Waals surface area (Å²) in [4.78, 5) is 3.99.